The zero-order valence-electron chi connectivity index (χ0n) is 11.3. The van der Waals surface area contributed by atoms with Gasteiger partial charge in [-0.05, 0) is 38.8 Å². The van der Waals surface area contributed by atoms with Crippen molar-refractivity contribution in [1.82, 2.24) is 15.0 Å². The first-order chi connectivity index (χ1) is 9.29. The Morgan fingerprint density at radius 3 is 2.79 bits per heavy atom. The van der Waals surface area contributed by atoms with Crippen LogP contribution in [0.4, 0.5) is 5.82 Å². The predicted molar refractivity (Wildman–Crippen MR) is 76.1 cm³/mol. The van der Waals surface area contributed by atoms with E-state index in [1.165, 1.54) is 12.8 Å². The van der Waals surface area contributed by atoms with Gasteiger partial charge in [0.2, 0.25) is 0 Å². The van der Waals surface area contributed by atoms with E-state index < -0.39 is 0 Å². The van der Waals surface area contributed by atoms with Crippen molar-refractivity contribution in [2.75, 3.05) is 11.9 Å². The normalized spacial score (nSPS) is 14.4. The van der Waals surface area contributed by atoms with Crippen LogP contribution in [0.15, 0.2) is 24.5 Å². The number of rotatable bonds is 4. The van der Waals surface area contributed by atoms with E-state index in [-0.39, 0.29) is 0 Å². The second-order valence-corrected chi connectivity index (χ2v) is 4.95. The Hall–Kier alpha value is -1.97. The van der Waals surface area contributed by atoms with E-state index in [0.717, 1.165) is 35.0 Å². The number of pyridine rings is 1. The molecule has 98 valence electrons. The van der Waals surface area contributed by atoms with E-state index in [1.54, 1.807) is 6.20 Å². The van der Waals surface area contributed by atoms with Crippen molar-refractivity contribution in [3.8, 4) is 11.3 Å². The highest BCUT2D eigenvalue weighted by molar-refractivity contribution is 5.67. The van der Waals surface area contributed by atoms with Crippen LogP contribution in [0.2, 0.25) is 0 Å². The van der Waals surface area contributed by atoms with Gasteiger partial charge in [0.1, 0.15) is 11.6 Å². The van der Waals surface area contributed by atoms with Crippen LogP contribution in [-0.4, -0.2) is 21.5 Å². The van der Waals surface area contributed by atoms with Crippen LogP contribution < -0.4 is 5.32 Å². The molecule has 1 aliphatic rings. The van der Waals surface area contributed by atoms with Crippen LogP contribution in [-0.2, 0) is 0 Å². The van der Waals surface area contributed by atoms with Gasteiger partial charge in [0.05, 0.1) is 5.69 Å². The minimum absolute atomic E-state index is 0.549. The molecule has 4 heteroatoms. The highest BCUT2D eigenvalue weighted by atomic mass is 15.0. The van der Waals surface area contributed by atoms with Gasteiger partial charge in [-0.1, -0.05) is 0 Å². The minimum Gasteiger partial charge on any atom is -0.370 e. The second kappa shape index (κ2) is 4.96. The molecule has 0 aliphatic heterocycles. The molecule has 1 N–H and O–H groups in total. The molecule has 0 saturated heterocycles. The van der Waals surface area contributed by atoms with Gasteiger partial charge in [-0.25, -0.2) is 9.97 Å². The summed E-state index contributed by atoms with van der Waals surface area (Å²) in [6.07, 6.45) is 6.07. The molecular formula is C15H18N4. The van der Waals surface area contributed by atoms with Gasteiger partial charge in [0, 0.05) is 36.0 Å². The highest BCUT2D eigenvalue weighted by Gasteiger charge is 2.28. The molecule has 0 bridgehead atoms. The molecule has 19 heavy (non-hydrogen) atoms. The van der Waals surface area contributed by atoms with E-state index in [9.17, 15) is 0 Å². The summed E-state index contributed by atoms with van der Waals surface area (Å²) in [7, 11) is 0. The first-order valence-electron chi connectivity index (χ1n) is 6.82. The number of hydrogen-bond acceptors (Lipinski definition) is 4. The van der Waals surface area contributed by atoms with E-state index in [1.807, 2.05) is 12.3 Å². The van der Waals surface area contributed by atoms with E-state index in [4.69, 9.17) is 4.98 Å². The molecule has 1 aliphatic carbocycles. The highest BCUT2D eigenvalue weighted by Crippen LogP contribution is 2.40. The molecule has 1 saturated carbocycles. The van der Waals surface area contributed by atoms with E-state index in [2.05, 4.69) is 35.2 Å². The first-order valence-corrected chi connectivity index (χ1v) is 6.82. The zero-order valence-corrected chi connectivity index (χ0v) is 11.3. The van der Waals surface area contributed by atoms with Gasteiger partial charge in [-0.3, -0.25) is 4.98 Å². The van der Waals surface area contributed by atoms with Gasteiger partial charge in [-0.2, -0.15) is 0 Å². The fourth-order valence-electron chi connectivity index (χ4n) is 2.18. The minimum atomic E-state index is 0.549. The van der Waals surface area contributed by atoms with E-state index in [0.29, 0.717) is 5.92 Å². The smallest absolute Gasteiger partial charge is 0.134 e. The largest absolute Gasteiger partial charge is 0.370 e. The maximum Gasteiger partial charge on any atom is 0.134 e. The molecule has 4 nitrogen and oxygen atoms in total. The molecule has 0 atom stereocenters. The summed E-state index contributed by atoms with van der Waals surface area (Å²) in [4.78, 5) is 13.6. The van der Waals surface area contributed by atoms with Crippen LogP contribution in [0, 0.1) is 6.92 Å². The van der Waals surface area contributed by atoms with Crippen molar-refractivity contribution in [3.05, 3.63) is 35.9 Å². The van der Waals surface area contributed by atoms with Gasteiger partial charge in [0.15, 0.2) is 0 Å². The van der Waals surface area contributed by atoms with Crippen LogP contribution in [0.25, 0.3) is 11.3 Å². The maximum absolute atomic E-state index is 4.76. The average Bonchev–Trinajstić information content (AvgIpc) is 3.27. The molecule has 0 aromatic carbocycles. The van der Waals surface area contributed by atoms with Gasteiger partial charge in [0.25, 0.3) is 0 Å². The van der Waals surface area contributed by atoms with Crippen molar-refractivity contribution in [3.63, 3.8) is 0 Å². The van der Waals surface area contributed by atoms with Crippen LogP contribution in [0.1, 0.15) is 37.1 Å². The third-order valence-electron chi connectivity index (χ3n) is 3.38. The Balaban J connectivity index is 2.11. The standard InChI is InChI=1S/C15H18N4/c1-3-17-14-10(2)13(12-5-4-8-16-9-12)18-15(19-14)11-6-7-11/h4-5,8-9,11H,3,6-7H2,1-2H3,(H,17,18,19). The van der Waals surface area contributed by atoms with Gasteiger partial charge in [-0.15, -0.1) is 0 Å². The molecule has 3 rings (SSSR count). The number of aromatic nitrogens is 3. The van der Waals surface area contributed by atoms with Crippen molar-refractivity contribution in [2.24, 2.45) is 0 Å². The Kier molecular flexibility index (Phi) is 3.15. The van der Waals surface area contributed by atoms with Crippen molar-refractivity contribution in [2.45, 2.75) is 32.6 Å². The third-order valence-corrected chi connectivity index (χ3v) is 3.38. The molecular weight excluding hydrogens is 236 g/mol. The molecule has 0 radical (unpaired) electrons. The summed E-state index contributed by atoms with van der Waals surface area (Å²) in [5.74, 6) is 2.48. The fourth-order valence-corrected chi connectivity index (χ4v) is 2.18. The first kappa shape index (κ1) is 12.1. The summed E-state index contributed by atoms with van der Waals surface area (Å²) < 4.78 is 0. The average molecular weight is 254 g/mol. The zero-order chi connectivity index (χ0) is 13.2. The number of nitrogens with zero attached hydrogens (tertiary/aromatic N) is 3. The van der Waals surface area contributed by atoms with Crippen LogP contribution >= 0.6 is 0 Å². The Morgan fingerprint density at radius 1 is 1.32 bits per heavy atom. The monoisotopic (exact) mass is 254 g/mol. The Morgan fingerprint density at radius 2 is 2.16 bits per heavy atom. The van der Waals surface area contributed by atoms with Crippen molar-refractivity contribution in [1.29, 1.82) is 0 Å². The molecule has 0 spiro atoms. The summed E-state index contributed by atoms with van der Waals surface area (Å²) in [6, 6.07) is 4.00. The van der Waals surface area contributed by atoms with Crippen molar-refractivity contribution < 1.29 is 0 Å². The SMILES string of the molecule is CCNc1nc(C2CC2)nc(-c2cccnc2)c1C. The summed E-state index contributed by atoms with van der Waals surface area (Å²) in [6.45, 7) is 5.02. The summed E-state index contributed by atoms with van der Waals surface area (Å²) in [5.41, 5.74) is 3.16. The topological polar surface area (TPSA) is 50.7 Å². The Bertz CT molecular complexity index is 576. The summed E-state index contributed by atoms with van der Waals surface area (Å²) >= 11 is 0. The molecule has 0 amide bonds. The fraction of sp³-hybridized carbons (Fsp3) is 0.400. The molecule has 1 fully saturated rings. The molecule has 2 aromatic rings. The number of hydrogen-bond donors (Lipinski definition) is 1. The number of anilines is 1. The second-order valence-electron chi connectivity index (χ2n) is 4.95. The van der Waals surface area contributed by atoms with Gasteiger partial charge >= 0.3 is 0 Å². The van der Waals surface area contributed by atoms with Crippen LogP contribution in [0.5, 0.6) is 0 Å². The molecule has 2 heterocycles. The maximum atomic E-state index is 4.76. The lowest BCUT2D eigenvalue weighted by Gasteiger charge is -2.13. The van der Waals surface area contributed by atoms with Crippen LogP contribution in [0.3, 0.4) is 0 Å². The molecule has 0 unspecified atom stereocenters. The van der Waals surface area contributed by atoms with Gasteiger partial charge < -0.3 is 5.32 Å². The third kappa shape index (κ3) is 2.43. The predicted octanol–water partition coefficient (Wildman–Crippen LogP) is 3.16. The lowest BCUT2D eigenvalue weighted by atomic mass is 10.1. The van der Waals surface area contributed by atoms with Crippen molar-refractivity contribution >= 4 is 5.82 Å². The molecule has 2 aromatic heterocycles. The quantitative estimate of drug-likeness (QED) is 0.910. The number of nitrogens with one attached hydrogen (secondary N) is 1. The lowest BCUT2D eigenvalue weighted by Crippen LogP contribution is -2.07. The Labute approximate surface area is 113 Å². The van der Waals surface area contributed by atoms with E-state index >= 15 is 0 Å². The summed E-state index contributed by atoms with van der Waals surface area (Å²) in [5, 5.41) is 3.34. The lowest BCUT2D eigenvalue weighted by molar-refractivity contribution is 0.918.